The molecule has 3 atom stereocenters. The van der Waals surface area contributed by atoms with E-state index >= 15 is 0 Å². The number of hydrogen-bond acceptors (Lipinski definition) is 6. The fourth-order valence-electron chi connectivity index (χ4n) is 4.68. The van der Waals surface area contributed by atoms with Crippen molar-refractivity contribution >= 4 is 41.5 Å². The maximum absolute atomic E-state index is 13.3. The van der Waals surface area contributed by atoms with Crippen LogP contribution in [0.2, 0.25) is 5.02 Å². The topological polar surface area (TPSA) is 109 Å². The number of carbonyl (C=O) groups is 2. The van der Waals surface area contributed by atoms with Gasteiger partial charge in [0.1, 0.15) is 11.4 Å². The molecule has 1 aliphatic carbocycles. The molecular formula is C29H32Cl2N2O6. The molecule has 10 heteroatoms. The van der Waals surface area contributed by atoms with Crippen LogP contribution in [0.25, 0.3) is 0 Å². The monoisotopic (exact) mass is 574 g/mol. The lowest BCUT2D eigenvalue weighted by atomic mass is 9.87. The third-order valence-electron chi connectivity index (χ3n) is 6.57. The van der Waals surface area contributed by atoms with Gasteiger partial charge in [0, 0.05) is 22.9 Å². The third kappa shape index (κ3) is 7.53. The van der Waals surface area contributed by atoms with E-state index < -0.39 is 29.0 Å². The highest BCUT2D eigenvalue weighted by Gasteiger charge is 2.35. The number of alkyl halides is 1. The number of aryl methyl sites for hydroxylation is 1. The normalized spacial score (nSPS) is 21.4. The van der Waals surface area contributed by atoms with Crippen molar-refractivity contribution in [3.05, 3.63) is 75.8 Å². The number of dihydropyridines is 1. The number of allylic oxidation sites excluding steroid dienone is 1. The number of benzene rings is 2. The second kappa shape index (κ2) is 11.6. The van der Waals surface area contributed by atoms with E-state index in [0.717, 1.165) is 11.1 Å². The van der Waals surface area contributed by atoms with Gasteiger partial charge in [0.2, 0.25) is 0 Å². The number of carboxylic acids is 1. The zero-order chi connectivity index (χ0) is 28.4. The Balaban J connectivity index is 1.54. The van der Waals surface area contributed by atoms with Crippen LogP contribution in [0, 0.1) is 0 Å². The van der Waals surface area contributed by atoms with E-state index in [1.165, 1.54) is 12.3 Å². The number of carbonyl (C=O) groups excluding carboxylic acids is 1. The lowest BCUT2D eigenvalue weighted by Crippen LogP contribution is -2.47. The largest absolute Gasteiger partial charge is 0.478 e. The maximum atomic E-state index is 13.3. The van der Waals surface area contributed by atoms with Crippen molar-refractivity contribution in [2.45, 2.75) is 69.4 Å². The van der Waals surface area contributed by atoms with Crippen LogP contribution < -0.4 is 4.74 Å². The molecule has 0 saturated heterocycles. The number of ether oxygens (including phenoxy) is 2. The third-order valence-corrected chi connectivity index (χ3v) is 7.13. The fourth-order valence-corrected chi connectivity index (χ4v) is 5.10. The first-order valence-corrected chi connectivity index (χ1v) is 13.5. The molecule has 2 N–H and O–H groups in total. The molecule has 1 amide bonds. The minimum Gasteiger partial charge on any atom is -0.478 e. The van der Waals surface area contributed by atoms with Crippen LogP contribution in [0.4, 0.5) is 4.79 Å². The van der Waals surface area contributed by atoms with Crippen LogP contribution in [0.15, 0.2) is 59.1 Å². The molecule has 0 saturated carbocycles. The maximum Gasteiger partial charge on any atom is 0.410 e. The second-order valence-electron chi connectivity index (χ2n) is 10.8. The van der Waals surface area contributed by atoms with Crippen molar-refractivity contribution in [1.82, 2.24) is 4.90 Å². The predicted molar refractivity (Wildman–Crippen MR) is 150 cm³/mol. The average Bonchev–Trinajstić information content (AvgIpc) is 2.85. The second-order valence-corrected chi connectivity index (χ2v) is 11.8. The van der Waals surface area contributed by atoms with Gasteiger partial charge in [0.05, 0.1) is 19.1 Å². The number of aliphatic hydroxyl groups is 1. The van der Waals surface area contributed by atoms with Crippen LogP contribution in [-0.2, 0) is 22.4 Å². The van der Waals surface area contributed by atoms with E-state index in [0.29, 0.717) is 35.6 Å². The van der Waals surface area contributed by atoms with E-state index in [9.17, 15) is 19.8 Å². The van der Waals surface area contributed by atoms with Crippen molar-refractivity contribution in [3.8, 4) is 5.75 Å². The number of nitrogens with zero attached hydrogens (tertiary/aromatic N) is 2. The number of fused-ring (bicyclic) bond motifs is 1. The van der Waals surface area contributed by atoms with Crippen molar-refractivity contribution in [1.29, 1.82) is 0 Å². The van der Waals surface area contributed by atoms with Gasteiger partial charge < -0.3 is 24.6 Å². The molecule has 1 heterocycles. The van der Waals surface area contributed by atoms with Crippen LogP contribution >= 0.6 is 23.2 Å². The number of rotatable bonds is 7. The molecule has 208 valence electrons. The Bertz CT molecular complexity index is 1290. The molecule has 0 fully saturated rings. The summed E-state index contributed by atoms with van der Waals surface area (Å²) in [7, 11) is 0. The molecule has 1 aliphatic heterocycles. The SMILES string of the molecule is CC(C)(C)OC(=O)N(C[C@H](O)c1ccc(Cl)cc1)[C@H]1CCc2ccc(OC3(Cl)CC(C(=O)O)=CC=N3)cc2C1. The van der Waals surface area contributed by atoms with Crippen molar-refractivity contribution in [3.63, 3.8) is 0 Å². The number of aliphatic hydroxyl groups excluding tert-OH is 1. The quantitative estimate of drug-likeness (QED) is 0.313. The highest BCUT2D eigenvalue weighted by Crippen LogP contribution is 2.35. The number of hydrogen-bond donors (Lipinski definition) is 2. The van der Waals surface area contributed by atoms with Crippen LogP contribution in [-0.4, -0.2) is 56.8 Å². The first-order valence-electron chi connectivity index (χ1n) is 12.7. The summed E-state index contributed by atoms with van der Waals surface area (Å²) in [6.45, 7) is 5.47. The van der Waals surface area contributed by atoms with E-state index in [-0.39, 0.29) is 24.6 Å². The molecule has 2 aromatic rings. The van der Waals surface area contributed by atoms with Crippen molar-refractivity contribution in [2.24, 2.45) is 4.99 Å². The summed E-state index contributed by atoms with van der Waals surface area (Å²) < 4.78 is 11.6. The minimum absolute atomic E-state index is 0.0521. The summed E-state index contributed by atoms with van der Waals surface area (Å²) in [6, 6.07) is 12.2. The van der Waals surface area contributed by atoms with Gasteiger partial charge in [-0.1, -0.05) is 29.8 Å². The Morgan fingerprint density at radius 2 is 1.90 bits per heavy atom. The summed E-state index contributed by atoms with van der Waals surface area (Å²) in [4.78, 5) is 30.4. The van der Waals surface area contributed by atoms with Crippen molar-refractivity contribution in [2.75, 3.05) is 6.54 Å². The van der Waals surface area contributed by atoms with E-state index in [1.54, 1.807) is 56.0 Å². The van der Waals surface area contributed by atoms with Gasteiger partial charge in [0.25, 0.3) is 5.18 Å². The first-order chi connectivity index (χ1) is 18.3. The highest BCUT2D eigenvalue weighted by molar-refractivity contribution is 6.30. The first kappa shape index (κ1) is 28.9. The summed E-state index contributed by atoms with van der Waals surface area (Å²) in [5.41, 5.74) is 2.13. The van der Waals surface area contributed by atoms with E-state index in [1.807, 2.05) is 12.1 Å². The Hall–Kier alpha value is -3.07. The number of aliphatic imine (C=N–C) groups is 1. The summed E-state index contributed by atoms with van der Waals surface area (Å²) >= 11 is 12.5. The molecule has 2 aliphatic rings. The number of amides is 1. The Kier molecular flexibility index (Phi) is 8.59. The number of halogens is 2. The molecule has 39 heavy (non-hydrogen) atoms. The molecule has 0 aromatic heterocycles. The number of aliphatic carboxylic acids is 1. The molecule has 0 radical (unpaired) electrons. The van der Waals surface area contributed by atoms with Gasteiger partial charge in [-0.3, -0.25) is 0 Å². The van der Waals surface area contributed by atoms with Gasteiger partial charge in [-0.25, -0.2) is 14.6 Å². The van der Waals surface area contributed by atoms with Gasteiger partial charge in [0.15, 0.2) is 0 Å². The van der Waals surface area contributed by atoms with Crippen molar-refractivity contribution < 1.29 is 29.3 Å². The van der Waals surface area contributed by atoms with Gasteiger partial charge in [-0.15, -0.1) is 0 Å². The zero-order valence-corrected chi connectivity index (χ0v) is 23.6. The lowest BCUT2D eigenvalue weighted by Gasteiger charge is -2.37. The fraction of sp³-hybridized carbons (Fsp3) is 0.414. The van der Waals surface area contributed by atoms with Crippen LogP contribution in [0.5, 0.6) is 5.75 Å². The number of carboxylic acid groups (broad SMARTS) is 1. The van der Waals surface area contributed by atoms with E-state index in [2.05, 4.69) is 4.99 Å². The summed E-state index contributed by atoms with van der Waals surface area (Å²) in [5.74, 6) is -0.635. The molecule has 8 nitrogen and oxygen atoms in total. The molecule has 4 rings (SSSR count). The van der Waals surface area contributed by atoms with Crippen LogP contribution in [0.1, 0.15) is 56.4 Å². The zero-order valence-electron chi connectivity index (χ0n) is 22.1. The predicted octanol–water partition coefficient (Wildman–Crippen LogP) is 5.92. The lowest BCUT2D eigenvalue weighted by molar-refractivity contribution is -0.133. The average molecular weight is 575 g/mol. The van der Waals surface area contributed by atoms with Gasteiger partial charge >= 0.3 is 12.1 Å². The smallest absolute Gasteiger partial charge is 0.410 e. The molecule has 0 bridgehead atoms. The summed E-state index contributed by atoms with van der Waals surface area (Å²) in [6.07, 6.45) is 3.13. The summed E-state index contributed by atoms with van der Waals surface area (Å²) in [5, 5.41) is 19.3. The standard InChI is InChI=1S/C29H32Cl2N2O6/c1-28(2,3)39-27(37)33(17-25(34)19-4-8-22(30)9-5-19)23-10-6-18-7-11-24(15-21(18)14-23)38-29(31)16-20(26(35)36)12-13-32-29/h4-5,7-9,11-13,15,23,25,34H,6,10,14,16-17H2,1-3H3,(H,35,36)/t23-,25-,29?/m0/s1. The highest BCUT2D eigenvalue weighted by atomic mass is 35.5. The molecule has 0 spiro atoms. The Morgan fingerprint density at radius 1 is 1.18 bits per heavy atom. The molecule has 1 unspecified atom stereocenters. The van der Waals surface area contributed by atoms with E-state index in [4.69, 9.17) is 32.7 Å². The minimum atomic E-state index is -1.56. The van der Waals surface area contributed by atoms with Gasteiger partial charge in [-0.05, 0) is 98.7 Å². The molecule has 2 aromatic carbocycles. The Morgan fingerprint density at radius 3 is 2.56 bits per heavy atom. The Labute approximate surface area is 237 Å². The van der Waals surface area contributed by atoms with Crippen LogP contribution in [0.3, 0.4) is 0 Å². The molecular weight excluding hydrogens is 543 g/mol. The van der Waals surface area contributed by atoms with Gasteiger partial charge in [-0.2, -0.15) is 0 Å².